The van der Waals surface area contributed by atoms with Crippen LogP contribution in [0.15, 0.2) is 113 Å². The van der Waals surface area contributed by atoms with Crippen molar-refractivity contribution in [3.63, 3.8) is 0 Å². The summed E-state index contributed by atoms with van der Waals surface area (Å²) >= 11 is 0. The van der Waals surface area contributed by atoms with Gasteiger partial charge in [-0.1, -0.05) is 54.6 Å². The van der Waals surface area contributed by atoms with E-state index >= 15 is 0 Å². The lowest BCUT2D eigenvalue weighted by Gasteiger charge is -2.16. The van der Waals surface area contributed by atoms with Crippen LogP contribution in [-0.4, -0.2) is 62.8 Å². The van der Waals surface area contributed by atoms with Gasteiger partial charge in [0.2, 0.25) is 0 Å². The van der Waals surface area contributed by atoms with Crippen LogP contribution in [0.1, 0.15) is 28.1 Å². The van der Waals surface area contributed by atoms with E-state index in [1.807, 2.05) is 102 Å². The first-order valence-electron chi connectivity index (χ1n) is 17.6. The van der Waals surface area contributed by atoms with Gasteiger partial charge in [-0.05, 0) is 54.8 Å². The Morgan fingerprint density at radius 3 is 1.65 bits per heavy atom. The predicted molar refractivity (Wildman–Crippen MR) is 217 cm³/mol. The van der Waals surface area contributed by atoms with Gasteiger partial charge in [-0.15, -0.1) is 9.46 Å². The minimum Gasteiger partial charge on any atom is -0.423 e. The number of nitrogens with one attached hydrogen (secondary N) is 2. The van der Waals surface area contributed by atoms with Crippen LogP contribution in [0.5, 0.6) is 0 Å². The van der Waals surface area contributed by atoms with Crippen molar-refractivity contribution >= 4 is 44.8 Å². The summed E-state index contributed by atoms with van der Waals surface area (Å²) in [5.41, 5.74) is 7.95. The van der Waals surface area contributed by atoms with Gasteiger partial charge in [0.1, 0.15) is 19.3 Å². The van der Waals surface area contributed by atoms with E-state index in [1.165, 1.54) is 23.5 Å². The van der Waals surface area contributed by atoms with E-state index in [0.717, 1.165) is 39.1 Å². The van der Waals surface area contributed by atoms with Gasteiger partial charge in [0.05, 0.1) is 33.5 Å². The summed E-state index contributed by atoms with van der Waals surface area (Å²) in [6, 6.07) is 29.0. The molecule has 0 aliphatic carbocycles. The summed E-state index contributed by atoms with van der Waals surface area (Å²) in [5.74, 6) is 0. The number of pyridine rings is 2. The molecule has 0 saturated carbocycles. The minimum atomic E-state index is -0.537. The van der Waals surface area contributed by atoms with E-state index in [0.29, 0.717) is 45.9 Å². The average Bonchev–Trinajstić information content (AvgIpc) is 3.18. The van der Waals surface area contributed by atoms with Gasteiger partial charge in [-0.2, -0.15) is 0 Å². The highest BCUT2D eigenvalue weighted by atomic mass is 16.7. The molecule has 0 unspecified atom stereocenters. The molecule has 282 valence electrons. The third-order valence-electron chi connectivity index (χ3n) is 8.93. The molecule has 0 aliphatic rings. The van der Waals surface area contributed by atoms with Crippen molar-refractivity contribution in [1.82, 2.24) is 29.4 Å². The Morgan fingerprint density at radius 1 is 0.618 bits per heavy atom. The Balaban J connectivity index is 0.000000193. The molecule has 0 spiro atoms. The first-order chi connectivity index (χ1) is 26.5. The molecule has 3 aromatic carbocycles. The molecule has 55 heavy (non-hydrogen) atoms. The number of hydrogen-bond donors (Lipinski definition) is 3. The summed E-state index contributed by atoms with van der Waals surface area (Å²) in [4.78, 5) is 51.5. The fraction of sp³-hybridized carbons (Fsp3) is 0.220. The molecule has 4 aromatic heterocycles. The van der Waals surface area contributed by atoms with E-state index in [9.17, 15) is 14.8 Å². The van der Waals surface area contributed by atoms with Crippen molar-refractivity contribution in [3.05, 3.63) is 152 Å². The molecule has 0 atom stereocenters. The summed E-state index contributed by atoms with van der Waals surface area (Å²) in [6.45, 7) is 5.09. The lowest BCUT2D eigenvalue weighted by atomic mass is 10.1. The fourth-order valence-electron chi connectivity index (χ4n) is 5.99. The van der Waals surface area contributed by atoms with E-state index < -0.39 is 5.56 Å². The van der Waals surface area contributed by atoms with Crippen LogP contribution in [0.3, 0.4) is 0 Å². The van der Waals surface area contributed by atoms with Crippen molar-refractivity contribution in [2.45, 2.75) is 33.5 Å². The normalized spacial score (nSPS) is 10.8. The zero-order valence-corrected chi connectivity index (χ0v) is 31.7. The van der Waals surface area contributed by atoms with Gasteiger partial charge in [0, 0.05) is 64.8 Å². The van der Waals surface area contributed by atoms with E-state index in [2.05, 4.69) is 59.7 Å². The molecule has 0 amide bonds. The van der Waals surface area contributed by atoms with Crippen molar-refractivity contribution in [2.24, 2.45) is 0 Å². The Kier molecular flexibility index (Phi) is 11.5. The third kappa shape index (κ3) is 8.82. The van der Waals surface area contributed by atoms with Gasteiger partial charge in [0.25, 0.3) is 11.1 Å². The number of hydrogen-bond acceptors (Lipinski definition) is 12. The summed E-state index contributed by atoms with van der Waals surface area (Å²) in [6.07, 6.45) is 2.78. The molecule has 0 bridgehead atoms. The highest BCUT2D eigenvalue weighted by molar-refractivity contribution is 5.91. The standard InChI is InChI=1S/C24H25N5O2.C17H19N5O2/c1-17-23-21(25-14-19-10-7-11-20(12-19)28(2)3)13-22(30)29(24(23)27-16-26-17)31-15-18-8-5-4-6-9-18;1-11-16-14(8-15(23)22(24)17(16)20-10-19-11)18-9-12-5-4-6-13(7-12)21(2)3/h4-13,16,25H,14-15H2,1-3H3;4-8,10,18,24H,9H2,1-3H3. The molecule has 0 fully saturated rings. The maximum atomic E-state index is 12.9. The Morgan fingerprint density at radius 2 is 1.11 bits per heavy atom. The van der Waals surface area contributed by atoms with Gasteiger partial charge in [0.15, 0.2) is 11.3 Å². The largest absolute Gasteiger partial charge is 0.423 e. The molecule has 7 aromatic rings. The van der Waals surface area contributed by atoms with Gasteiger partial charge < -0.3 is 30.5 Å². The topological polar surface area (TPSA) is 156 Å². The molecule has 7 rings (SSSR count). The number of nitrogens with zero attached hydrogens (tertiary/aromatic N) is 8. The Bertz CT molecular complexity index is 2550. The van der Waals surface area contributed by atoms with Gasteiger partial charge >= 0.3 is 0 Å². The van der Waals surface area contributed by atoms with Gasteiger partial charge in [-0.3, -0.25) is 9.59 Å². The molecular weight excluding hydrogens is 697 g/mol. The first kappa shape index (κ1) is 37.8. The SMILES string of the molecule is Cc1ncnc2c1c(NCc1cccc(N(C)C)c1)cc(=O)n2O.Cc1ncnc2c1c(NCc1cccc(N(C)C)c1)cc(=O)n2OCc1ccccc1. The number of anilines is 4. The highest BCUT2D eigenvalue weighted by Gasteiger charge is 2.15. The van der Waals surface area contributed by atoms with Crippen LogP contribution in [0.4, 0.5) is 22.7 Å². The zero-order valence-electron chi connectivity index (χ0n) is 31.7. The molecule has 14 heteroatoms. The first-order valence-corrected chi connectivity index (χ1v) is 17.6. The van der Waals surface area contributed by atoms with E-state index in [1.54, 1.807) is 6.07 Å². The highest BCUT2D eigenvalue weighted by Crippen LogP contribution is 2.25. The Hall–Kier alpha value is -6.96. The van der Waals surface area contributed by atoms with Crippen LogP contribution in [0.2, 0.25) is 0 Å². The van der Waals surface area contributed by atoms with Gasteiger partial charge in [-0.25, -0.2) is 19.9 Å². The molecule has 14 nitrogen and oxygen atoms in total. The average molecular weight is 741 g/mol. The molecule has 4 heterocycles. The minimum absolute atomic E-state index is 0.194. The quantitative estimate of drug-likeness (QED) is 0.145. The maximum Gasteiger partial charge on any atom is 0.287 e. The predicted octanol–water partition coefficient (Wildman–Crippen LogP) is 5.42. The second-order valence-electron chi connectivity index (χ2n) is 13.3. The second-order valence-corrected chi connectivity index (χ2v) is 13.3. The summed E-state index contributed by atoms with van der Waals surface area (Å²) < 4.78 is 1.79. The second kappa shape index (κ2) is 16.8. The molecule has 0 radical (unpaired) electrons. The number of fused-ring (bicyclic) bond motifs is 2. The third-order valence-corrected chi connectivity index (χ3v) is 8.93. The smallest absolute Gasteiger partial charge is 0.287 e. The van der Waals surface area contributed by atoms with Crippen molar-refractivity contribution in [3.8, 4) is 0 Å². The maximum absolute atomic E-state index is 12.9. The zero-order chi connectivity index (χ0) is 39.1. The molecule has 0 aliphatic heterocycles. The molecule has 0 saturated heterocycles. The lowest BCUT2D eigenvalue weighted by Crippen LogP contribution is -2.28. The fourth-order valence-corrected chi connectivity index (χ4v) is 5.99. The lowest BCUT2D eigenvalue weighted by molar-refractivity contribution is 0.0979. The summed E-state index contributed by atoms with van der Waals surface area (Å²) in [7, 11) is 8.00. The van der Waals surface area contributed by atoms with E-state index in [-0.39, 0.29) is 17.8 Å². The number of benzene rings is 3. The monoisotopic (exact) mass is 740 g/mol. The number of aryl methyl sites for hydroxylation is 2. The summed E-state index contributed by atoms with van der Waals surface area (Å²) in [5, 5.41) is 17.9. The molecular formula is C41H44N10O4. The van der Waals surface area contributed by atoms with Crippen molar-refractivity contribution < 1.29 is 10.0 Å². The Labute approximate surface area is 318 Å². The van der Waals surface area contributed by atoms with Crippen molar-refractivity contribution in [2.75, 3.05) is 48.6 Å². The number of rotatable bonds is 11. The van der Waals surface area contributed by atoms with Crippen LogP contribution < -0.4 is 36.4 Å². The number of aromatic nitrogens is 6. The van der Waals surface area contributed by atoms with Crippen LogP contribution >= 0.6 is 0 Å². The molecule has 3 N–H and O–H groups in total. The van der Waals surface area contributed by atoms with Crippen LogP contribution in [-0.2, 0) is 19.7 Å². The van der Waals surface area contributed by atoms with Crippen molar-refractivity contribution in [1.29, 1.82) is 0 Å². The van der Waals surface area contributed by atoms with Crippen LogP contribution in [0.25, 0.3) is 22.1 Å². The van der Waals surface area contributed by atoms with E-state index in [4.69, 9.17) is 4.84 Å². The van der Waals surface area contributed by atoms with Crippen LogP contribution in [0, 0.1) is 13.8 Å².